The number of ether oxygens (including phenoxy) is 1. The zero-order valence-corrected chi connectivity index (χ0v) is 16.3. The lowest BCUT2D eigenvalue weighted by Gasteiger charge is -2.32. The Morgan fingerprint density at radius 2 is 1.57 bits per heavy atom. The van der Waals surface area contributed by atoms with Gasteiger partial charge < -0.3 is 14.0 Å². The summed E-state index contributed by atoms with van der Waals surface area (Å²) >= 11 is 0. The number of rotatable bonds is 3. The molecule has 1 aliphatic rings. The summed E-state index contributed by atoms with van der Waals surface area (Å²) < 4.78 is 54.3. The summed E-state index contributed by atoms with van der Waals surface area (Å²) in [5.41, 5.74) is 0.383. The van der Waals surface area contributed by atoms with Crippen LogP contribution in [0.2, 0.25) is 0 Å². The number of aromatic nitrogens is 1. The van der Waals surface area contributed by atoms with Gasteiger partial charge in [0.2, 0.25) is 0 Å². The summed E-state index contributed by atoms with van der Waals surface area (Å²) in [6.07, 6.45) is -3.18. The van der Waals surface area contributed by atoms with Crippen LogP contribution in [0.4, 0.5) is 13.2 Å². The Morgan fingerprint density at radius 1 is 1.04 bits per heavy atom. The lowest BCUT2D eigenvalue weighted by Crippen LogP contribution is -2.41. The first kappa shape index (κ1) is 20.5. The van der Waals surface area contributed by atoms with Crippen LogP contribution in [0, 0.1) is 6.92 Å². The van der Waals surface area contributed by atoms with Crippen LogP contribution < -0.4 is 15.8 Å². The topological polar surface area (TPSA) is 49.7 Å². The van der Waals surface area contributed by atoms with Gasteiger partial charge in [-0.1, -0.05) is 0 Å². The van der Waals surface area contributed by atoms with Gasteiger partial charge in [-0.3, -0.25) is 9.36 Å². The van der Waals surface area contributed by atoms with Crippen LogP contribution in [0.15, 0.2) is 41.3 Å². The van der Waals surface area contributed by atoms with Crippen molar-refractivity contribution in [3.8, 4) is 11.4 Å². The van der Waals surface area contributed by atoms with E-state index in [0.29, 0.717) is 16.7 Å². The van der Waals surface area contributed by atoms with Gasteiger partial charge >= 0.3 is 13.5 Å². The predicted octanol–water partition coefficient (Wildman–Crippen LogP) is 3.34. The SMILES string of the molecule is Cc1cc(=O)n(-c2ccc(OC(F)(F)F)cc2)cc1B1OC(C)(C)C(C)(C)O1. The van der Waals surface area contributed by atoms with Crippen LogP contribution in [0.1, 0.15) is 33.3 Å². The largest absolute Gasteiger partial charge is 0.573 e. The molecule has 150 valence electrons. The van der Waals surface area contributed by atoms with E-state index in [1.54, 1.807) is 13.1 Å². The number of aryl methyl sites for hydroxylation is 1. The second-order valence-corrected chi connectivity index (χ2v) is 7.75. The van der Waals surface area contributed by atoms with Crippen LogP contribution in [0.5, 0.6) is 5.75 Å². The van der Waals surface area contributed by atoms with Crippen molar-refractivity contribution in [1.82, 2.24) is 4.57 Å². The Kier molecular flexibility index (Phi) is 4.88. The van der Waals surface area contributed by atoms with Crippen LogP contribution >= 0.6 is 0 Å². The zero-order valence-electron chi connectivity index (χ0n) is 16.3. The molecule has 28 heavy (non-hydrogen) atoms. The van der Waals surface area contributed by atoms with Crippen LogP contribution in [0.25, 0.3) is 5.69 Å². The molecule has 1 saturated heterocycles. The minimum atomic E-state index is -4.77. The van der Waals surface area contributed by atoms with Crippen molar-refractivity contribution >= 4 is 12.6 Å². The first-order valence-corrected chi connectivity index (χ1v) is 8.74. The van der Waals surface area contributed by atoms with Gasteiger partial charge in [0, 0.05) is 23.4 Å². The third kappa shape index (κ3) is 3.95. The number of nitrogens with zero attached hydrogens (tertiary/aromatic N) is 1. The van der Waals surface area contributed by atoms with E-state index >= 15 is 0 Å². The van der Waals surface area contributed by atoms with E-state index in [4.69, 9.17) is 9.31 Å². The fraction of sp³-hybridized carbons (Fsp3) is 0.421. The first-order valence-electron chi connectivity index (χ1n) is 8.74. The Morgan fingerprint density at radius 3 is 2.07 bits per heavy atom. The molecule has 5 nitrogen and oxygen atoms in total. The summed E-state index contributed by atoms with van der Waals surface area (Å²) in [5.74, 6) is -0.359. The van der Waals surface area contributed by atoms with Gasteiger partial charge in [-0.05, 0) is 64.4 Å². The highest BCUT2D eigenvalue weighted by Gasteiger charge is 2.52. The molecule has 1 fully saturated rings. The molecule has 0 bridgehead atoms. The third-order valence-electron chi connectivity index (χ3n) is 5.16. The second-order valence-electron chi connectivity index (χ2n) is 7.75. The number of halogens is 3. The lowest BCUT2D eigenvalue weighted by atomic mass is 9.77. The second kappa shape index (κ2) is 6.67. The van der Waals surface area contributed by atoms with E-state index in [0.717, 1.165) is 12.1 Å². The van der Waals surface area contributed by atoms with E-state index in [2.05, 4.69) is 4.74 Å². The summed E-state index contributed by atoms with van der Waals surface area (Å²) in [6.45, 7) is 9.50. The van der Waals surface area contributed by atoms with Crippen molar-refractivity contribution < 1.29 is 27.2 Å². The molecule has 1 aliphatic heterocycles. The lowest BCUT2D eigenvalue weighted by molar-refractivity contribution is -0.274. The molecular formula is C19H21BF3NO4. The molecule has 3 rings (SSSR count). The summed E-state index contributed by atoms with van der Waals surface area (Å²) in [5, 5.41) is 0. The van der Waals surface area contributed by atoms with Gasteiger partial charge in [0.1, 0.15) is 5.75 Å². The quantitative estimate of drug-likeness (QED) is 0.749. The third-order valence-corrected chi connectivity index (χ3v) is 5.16. The zero-order chi connectivity index (χ0) is 20.9. The van der Waals surface area contributed by atoms with Crippen LogP contribution in [0.3, 0.4) is 0 Å². The molecule has 2 aromatic rings. The highest BCUT2D eigenvalue weighted by molar-refractivity contribution is 6.62. The first-order chi connectivity index (χ1) is 12.8. The van der Waals surface area contributed by atoms with Gasteiger partial charge in [0.05, 0.1) is 11.2 Å². The summed E-state index contributed by atoms with van der Waals surface area (Å²) in [6, 6.07) is 6.52. The Bertz CT molecular complexity index is 920. The molecule has 0 spiro atoms. The van der Waals surface area contributed by atoms with Crippen molar-refractivity contribution in [2.75, 3.05) is 0 Å². The molecular weight excluding hydrogens is 374 g/mol. The maximum Gasteiger partial charge on any atom is 0.573 e. The molecule has 0 atom stereocenters. The molecule has 0 aliphatic carbocycles. The average molecular weight is 395 g/mol. The average Bonchev–Trinajstić information content (AvgIpc) is 2.75. The van der Waals surface area contributed by atoms with Gasteiger partial charge in [0.25, 0.3) is 5.56 Å². The smallest absolute Gasteiger partial charge is 0.406 e. The van der Waals surface area contributed by atoms with E-state index in [1.807, 2.05) is 27.7 Å². The number of hydrogen-bond donors (Lipinski definition) is 0. The molecule has 1 aromatic heterocycles. The van der Waals surface area contributed by atoms with Crippen LogP contribution in [-0.2, 0) is 9.31 Å². The van der Waals surface area contributed by atoms with Crippen molar-refractivity contribution in [2.45, 2.75) is 52.2 Å². The maximum atomic E-state index is 12.4. The molecule has 2 heterocycles. The van der Waals surface area contributed by atoms with Gasteiger partial charge in [-0.25, -0.2) is 0 Å². The molecule has 0 unspecified atom stereocenters. The number of alkyl halides is 3. The minimum absolute atomic E-state index is 0.317. The normalized spacial score (nSPS) is 18.4. The molecule has 1 aromatic carbocycles. The van der Waals surface area contributed by atoms with Gasteiger partial charge in [-0.2, -0.15) is 0 Å². The number of pyridine rings is 1. The molecule has 0 N–H and O–H groups in total. The maximum absolute atomic E-state index is 12.4. The Hall–Kier alpha value is -2.26. The van der Waals surface area contributed by atoms with Crippen molar-refractivity contribution in [1.29, 1.82) is 0 Å². The van der Waals surface area contributed by atoms with Crippen molar-refractivity contribution in [2.24, 2.45) is 0 Å². The van der Waals surface area contributed by atoms with Gasteiger partial charge in [0.15, 0.2) is 0 Å². The standard InChI is InChI=1S/C19H21BF3NO4/c1-12-10-16(25)24(13-6-8-14(9-7-13)26-19(21,22)23)11-15(12)20-27-17(2,3)18(4,5)28-20/h6-11H,1-5H3. The van der Waals surface area contributed by atoms with Crippen LogP contribution in [-0.4, -0.2) is 29.2 Å². The van der Waals surface area contributed by atoms with E-state index in [9.17, 15) is 18.0 Å². The predicted molar refractivity (Wildman–Crippen MR) is 99.2 cm³/mol. The van der Waals surface area contributed by atoms with Crippen molar-refractivity contribution in [3.05, 3.63) is 52.4 Å². The fourth-order valence-electron chi connectivity index (χ4n) is 2.87. The van der Waals surface area contributed by atoms with E-state index in [-0.39, 0.29) is 11.3 Å². The van der Waals surface area contributed by atoms with Crippen molar-refractivity contribution in [3.63, 3.8) is 0 Å². The monoisotopic (exact) mass is 395 g/mol. The highest BCUT2D eigenvalue weighted by atomic mass is 19.4. The molecule has 9 heteroatoms. The fourth-order valence-corrected chi connectivity index (χ4v) is 2.87. The molecule has 0 amide bonds. The highest BCUT2D eigenvalue weighted by Crippen LogP contribution is 2.36. The Balaban J connectivity index is 1.96. The minimum Gasteiger partial charge on any atom is -0.406 e. The molecule has 0 radical (unpaired) electrons. The number of hydrogen-bond acceptors (Lipinski definition) is 4. The number of benzene rings is 1. The summed E-state index contributed by atoms with van der Waals surface area (Å²) in [7, 11) is -0.662. The van der Waals surface area contributed by atoms with E-state index in [1.165, 1.54) is 22.8 Å². The Labute approximate surface area is 161 Å². The van der Waals surface area contributed by atoms with Gasteiger partial charge in [-0.15, -0.1) is 13.2 Å². The van der Waals surface area contributed by atoms with E-state index < -0.39 is 24.7 Å². The molecule has 0 saturated carbocycles. The summed E-state index contributed by atoms with van der Waals surface area (Å²) in [4.78, 5) is 12.4.